The Morgan fingerprint density at radius 2 is 2.21 bits per heavy atom. The number of aliphatic carboxylic acids is 1. The van der Waals surface area contributed by atoms with Crippen molar-refractivity contribution in [2.45, 2.75) is 45.7 Å². The molecular formula is C13H22N4O2. The van der Waals surface area contributed by atoms with E-state index in [2.05, 4.69) is 15.4 Å². The highest BCUT2D eigenvalue weighted by atomic mass is 16.4. The number of hydrogen-bond acceptors (Lipinski definition) is 4. The molecule has 2 N–H and O–H groups in total. The van der Waals surface area contributed by atoms with Crippen LogP contribution in [0.15, 0.2) is 6.33 Å². The minimum Gasteiger partial charge on any atom is -0.481 e. The van der Waals surface area contributed by atoms with Crippen LogP contribution in [0.3, 0.4) is 0 Å². The molecule has 1 saturated carbocycles. The van der Waals surface area contributed by atoms with Gasteiger partial charge in [0.2, 0.25) is 0 Å². The van der Waals surface area contributed by atoms with Gasteiger partial charge in [-0.3, -0.25) is 4.79 Å². The summed E-state index contributed by atoms with van der Waals surface area (Å²) in [5.74, 6) is 0.789. The van der Waals surface area contributed by atoms with Crippen molar-refractivity contribution >= 4 is 5.97 Å². The zero-order chi connectivity index (χ0) is 13.7. The highest BCUT2D eigenvalue weighted by Gasteiger charge is 2.25. The lowest BCUT2D eigenvalue weighted by molar-refractivity contribution is -0.143. The third-order valence-corrected chi connectivity index (χ3v) is 3.91. The number of nitrogens with one attached hydrogen (secondary N) is 1. The molecule has 106 valence electrons. The molecule has 0 radical (unpaired) electrons. The molecule has 1 aliphatic carbocycles. The second-order valence-electron chi connectivity index (χ2n) is 5.18. The second-order valence-corrected chi connectivity index (χ2v) is 5.18. The largest absolute Gasteiger partial charge is 0.481 e. The van der Waals surface area contributed by atoms with Gasteiger partial charge in [-0.15, -0.1) is 0 Å². The standard InChI is InChI=1S/C13H22N4O2/c1-2-17-12(15-9-16-17)8-14-7-10-3-5-11(6-4-10)13(18)19/h9-11,14H,2-8H2,1H3,(H,18,19). The van der Waals surface area contributed by atoms with Crippen LogP contribution in [-0.4, -0.2) is 32.4 Å². The Morgan fingerprint density at radius 1 is 1.47 bits per heavy atom. The summed E-state index contributed by atoms with van der Waals surface area (Å²) in [6, 6.07) is 0. The van der Waals surface area contributed by atoms with Crippen LogP contribution in [0, 0.1) is 11.8 Å². The zero-order valence-corrected chi connectivity index (χ0v) is 11.4. The van der Waals surface area contributed by atoms with E-state index < -0.39 is 5.97 Å². The monoisotopic (exact) mass is 266 g/mol. The molecule has 0 bridgehead atoms. The molecule has 0 atom stereocenters. The number of aryl methyl sites for hydroxylation is 1. The van der Waals surface area contributed by atoms with E-state index in [-0.39, 0.29) is 5.92 Å². The van der Waals surface area contributed by atoms with Crippen molar-refractivity contribution in [1.29, 1.82) is 0 Å². The smallest absolute Gasteiger partial charge is 0.306 e. The van der Waals surface area contributed by atoms with Gasteiger partial charge in [0.1, 0.15) is 12.2 Å². The molecule has 1 heterocycles. The first-order valence-electron chi connectivity index (χ1n) is 7.01. The van der Waals surface area contributed by atoms with E-state index in [1.54, 1.807) is 6.33 Å². The highest BCUT2D eigenvalue weighted by Crippen LogP contribution is 2.28. The van der Waals surface area contributed by atoms with Crippen LogP contribution in [0.1, 0.15) is 38.4 Å². The molecule has 0 aromatic carbocycles. The van der Waals surface area contributed by atoms with E-state index in [1.165, 1.54) is 0 Å². The fourth-order valence-corrected chi connectivity index (χ4v) is 2.69. The van der Waals surface area contributed by atoms with Gasteiger partial charge in [-0.1, -0.05) is 0 Å². The molecule has 0 spiro atoms. The van der Waals surface area contributed by atoms with Gasteiger partial charge in [-0.25, -0.2) is 9.67 Å². The van der Waals surface area contributed by atoms with E-state index in [4.69, 9.17) is 5.11 Å². The van der Waals surface area contributed by atoms with Crippen molar-refractivity contribution in [3.63, 3.8) is 0 Å². The van der Waals surface area contributed by atoms with E-state index >= 15 is 0 Å². The summed E-state index contributed by atoms with van der Waals surface area (Å²) in [5.41, 5.74) is 0. The number of carboxylic acids is 1. The summed E-state index contributed by atoms with van der Waals surface area (Å²) in [6.07, 6.45) is 5.22. The molecule has 1 aliphatic rings. The van der Waals surface area contributed by atoms with Crippen molar-refractivity contribution in [2.75, 3.05) is 6.54 Å². The number of carbonyl (C=O) groups is 1. The summed E-state index contributed by atoms with van der Waals surface area (Å²) in [5, 5.41) is 16.5. The fourth-order valence-electron chi connectivity index (χ4n) is 2.69. The molecule has 0 saturated heterocycles. The van der Waals surface area contributed by atoms with Crippen LogP contribution < -0.4 is 5.32 Å². The number of rotatable bonds is 6. The van der Waals surface area contributed by atoms with Gasteiger partial charge in [0.05, 0.1) is 12.5 Å². The zero-order valence-electron chi connectivity index (χ0n) is 11.4. The first-order chi connectivity index (χ1) is 9.20. The van der Waals surface area contributed by atoms with Crippen LogP contribution in [0.25, 0.3) is 0 Å². The Balaban J connectivity index is 1.68. The molecule has 0 amide bonds. The minimum absolute atomic E-state index is 0.126. The lowest BCUT2D eigenvalue weighted by Gasteiger charge is -2.26. The van der Waals surface area contributed by atoms with Crippen molar-refractivity contribution in [3.05, 3.63) is 12.2 Å². The maximum Gasteiger partial charge on any atom is 0.306 e. The third-order valence-electron chi connectivity index (χ3n) is 3.91. The Kier molecular flexibility index (Phi) is 4.90. The first-order valence-corrected chi connectivity index (χ1v) is 7.01. The van der Waals surface area contributed by atoms with Gasteiger partial charge in [-0.2, -0.15) is 5.10 Å². The Bertz CT molecular complexity index is 411. The van der Waals surface area contributed by atoms with Gasteiger partial charge >= 0.3 is 5.97 Å². The number of hydrogen-bond donors (Lipinski definition) is 2. The molecule has 1 aromatic rings. The van der Waals surface area contributed by atoms with Crippen LogP contribution in [0.5, 0.6) is 0 Å². The maximum atomic E-state index is 10.9. The van der Waals surface area contributed by atoms with Gasteiger partial charge in [-0.05, 0) is 45.1 Å². The molecule has 6 nitrogen and oxygen atoms in total. The Hall–Kier alpha value is -1.43. The van der Waals surface area contributed by atoms with Crippen LogP contribution in [0.4, 0.5) is 0 Å². The number of aromatic nitrogens is 3. The van der Waals surface area contributed by atoms with Crippen LogP contribution >= 0.6 is 0 Å². The molecule has 0 aliphatic heterocycles. The second kappa shape index (κ2) is 6.65. The topological polar surface area (TPSA) is 80.0 Å². The predicted molar refractivity (Wildman–Crippen MR) is 70.5 cm³/mol. The average molecular weight is 266 g/mol. The van der Waals surface area contributed by atoms with Gasteiger partial charge in [0, 0.05) is 6.54 Å². The van der Waals surface area contributed by atoms with E-state index in [1.807, 2.05) is 11.6 Å². The molecule has 6 heteroatoms. The van der Waals surface area contributed by atoms with Crippen molar-refractivity contribution in [1.82, 2.24) is 20.1 Å². The van der Waals surface area contributed by atoms with Gasteiger partial charge < -0.3 is 10.4 Å². The first kappa shape index (κ1) is 14.0. The maximum absolute atomic E-state index is 10.9. The predicted octanol–water partition coefficient (Wildman–Crippen LogP) is 1.28. The fraction of sp³-hybridized carbons (Fsp3) is 0.769. The molecular weight excluding hydrogens is 244 g/mol. The lowest BCUT2D eigenvalue weighted by atomic mass is 9.82. The number of nitrogens with zero attached hydrogens (tertiary/aromatic N) is 3. The van der Waals surface area contributed by atoms with Gasteiger partial charge in [0.15, 0.2) is 0 Å². The minimum atomic E-state index is -0.637. The summed E-state index contributed by atoms with van der Waals surface area (Å²) < 4.78 is 1.88. The third kappa shape index (κ3) is 3.76. The molecule has 19 heavy (non-hydrogen) atoms. The summed E-state index contributed by atoms with van der Waals surface area (Å²) >= 11 is 0. The molecule has 1 aromatic heterocycles. The lowest BCUT2D eigenvalue weighted by Crippen LogP contribution is -2.29. The van der Waals surface area contributed by atoms with Gasteiger partial charge in [0.25, 0.3) is 0 Å². The normalized spacial score (nSPS) is 23.4. The number of carboxylic acid groups (broad SMARTS) is 1. The van der Waals surface area contributed by atoms with Crippen molar-refractivity contribution < 1.29 is 9.90 Å². The van der Waals surface area contributed by atoms with Crippen molar-refractivity contribution in [3.8, 4) is 0 Å². The Morgan fingerprint density at radius 3 is 2.84 bits per heavy atom. The van der Waals surface area contributed by atoms with Crippen LogP contribution in [-0.2, 0) is 17.9 Å². The van der Waals surface area contributed by atoms with Crippen LogP contribution in [0.2, 0.25) is 0 Å². The summed E-state index contributed by atoms with van der Waals surface area (Å²) in [7, 11) is 0. The molecule has 1 fully saturated rings. The molecule has 2 rings (SSSR count). The average Bonchev–Trinajstić information content (AvgIpc) is 2.87. The van der Waals surface area contributed by atoms with Crippen molar-refractivity contribution in [2.24, 2.45) is 11.8 Å². The van der Waals surface area contributed by atoms with E-state index in [0.717, 1.165) is 51.1 Å². The summed E-state index contributed by atoms with van der Waals surface area (Å²) in [6.45, 7) is 4.54. The summed E-state index contributed by atoms with van der Waals surface area (Å²) in [4.78, 5) is 15.1. The molecule has 0 unspecified atom stereocenters. The van der Waals surface area contributed by atoms with E-state index in [9.17, 15) is 4.79 Å². The SMILES string of the molecule is CCn1ncnc1CNCC1CCC(C(=O)O)CC1. The quantitative estimate of drug-likeness (QED) is 0.810. The highest BCUT2D eigenvalue weighted by molar-refractivity contribution is 5.69. The Labute approximate surface area is 113 Å². The van der Waals surface area contributed by atoms with E-state index in [0.29, 0.717) is 5.92 Å².